The molecule has 0 aromatic heterocycles. The van der Waals surface area contributed by atoms with E-state index in [0.717, 1.165) is 0 Å². The van der Waals surface area contributed by atoms with Crippen molar-refractivity contribution in [2.75, 3.05) is 5.32 Å². The number of benzene rings is 1. The Morgan fingerprint density at radius 1 is 1.11 bits per heavy atom. The largest absolute Gasteiger partial charge is 0.326 e. The number of hydrogen-bond donors (Lipinski definition) is 2. The average Bonchev–Trinajstić information content (AvgIpc) is 2.26. The zero-order chi connectivity index (χ0) is 14.6. The van der Waals surface area contributed by atoms with Gasteiger partial charge < -0.3 is 10.6 Å². The second kappa shape index (κ2) is 5.97. The summed E-state index contributed by atoms with van der Waals surface area (Å²) in [5.74, 6) is -0.0776. The maximum absolute atomic E-state index is 12.2. The van der Waals surface area contributed by atoms with Crippen LogP contribution in [-0.4, -0.2) is 23.3 Å². The fourth-order valence-corrected chi connectivity index (χ4v) is 1.89. The number of amides is 1. The third-order valence-corrected chi connectivity index (χ3v) is 2.53. The van der Waals surface area contributed by atoms with Gasteiger partial charge in [-0.3, -0.25) is 9.59 Å². The standard InChI is InChI=1S/C15H22N2O2/c1-10(17-15(3,4)5)14(19)12-6-8-13(9-7-12)16-11(2)18/h6-10,17H,1-5H3,(H,16,18). The number of anilines is 1. The molecule has 1 rings (SSSR count). The topological polar surface area (TPSA) is 58.2 Å². The Morgan fingerprint density at radius 3 is 2.05 bits per heavy atom. The van der Waals surface area contributed by atoms with Gasteiger partial charge in [0.15, 0.2) is 5.78 Å². The lowest BCUT2D eigenvalue weighted by atomic mass is 10.0. The molecule has 104 valence electrons. The first-order chi connectivity index (χ1) is 8.69. The summed E-state index contributed by atoms with van der Waals surface area (Å²) < 4.78 is 0. The van der Waals surface area contributed by atoms with Crippen molar-refractivity contribution in [2.24, 2.45) is 0 Å². The molecule has 0 aliphatic rings. The van der Waals surface area contributed by atoms with Gasteiger partial charge in [-0.2, -0.15) is 0 Å². The van der Waals surface area contributed by atoms with E-state index < -0.39 is 0 Å². The van der Waals surface area contributed by atoms with Crippen LogP contribution in [0.2, 0.25) is 0 Å². The van der Waals surface area contributed by atoms with Crippen molar-refractivity contribution < 1.29 is 9.59 Å². The van der Waals surface area contributed by atoms with Gasteiger partial charge in [-0.25, -0.2) is 0 Å². The predicted molar refractivity (Wildman–Crippen MR) is 77.4 cm³/mol. The van der Waals surface area contributed by atoms with Crippen LogP contribution in [0.3, 0.4) is 0 Å². The summed E-state index contributed by atoms with van der Waals surface area (Å²) in [7, 11) is 0. The fourth-order valence-electron chi connectivity index (χ4n) is 1.89. The van der Waals surface area contributed by atoms with Gasteiger partial charge in [-0.05, 0) is 52.0 Å². The van der Waals surface area contributed by atoms with Gasteiger partial charge in [0.1, 0.15) is 0 Å². The zero-order valence-corrected chi connectivity index (χ0v) is 12.2. The van der Waals surface area contributed by atoms with E-state index in [2.05, 4.69) is 10.6 Å². The van der Waals surface area contributed by atoms with Crippen LogP contribution >= 0.6 is 0 Å². The number of hydrogen-bond acceptors (Lipinski definition) is 3. The molecule has 1 unspecified atom stereocenters. The van der Waals surface area contributed by atoms with Gasteiger partial charge in [0.2, 0.25) is 5.91 Å². The summed E-state index contributed by atoms with van der Waals surface area (Å²) >= 11 is 0. The average molecular weight is 262 g/mol. The minimum atomic E-state index is -0.244. The minimum absolute atomic E-state index is 0.0456. The molecule has 0 heterocycles. The van der Waals surface area contributed by atoms with Crippen molar-refractivity contribution in [2.45, 2.75) is 46.2 Å². The Morgan fingerprint density at radius 2 is 1.63 bits per heavy atom. The minimum Gasteiger partial charge on any atom is -0.326 e. The third-order valence-electron chi connectivity index (χ3n) is 2.53. The molecule has 4 nitrogen and oxygen atoms in total. The molecule has 0 saturated carbocycles. The molecular formula is C15H22N2O2. The van der Waals surface area contributed by atoms with Gasteiger partial charge in [0.05, 0.1) is 6.04 Å². The van der Waals surface area contributed by atoms with Crippen LogP contribution in [0.25, 0.3) is 0 Å². The Labute approximate surface area is 114 Å². The van der Waals surface area contributed by atoms with Crippen molar-refractivity contribution >= 4 is 17.4 Å². The van der Waals surface area contributed by atoms with E-state index in [4.69, 9.17) is 0 Å². The van der Waals surface area contributed by atoms with E-state index in [-0.39, 0.29) is 23.3 Å². The number of ketones is 1. The second-order valence-electron chi connectivity index (χ2n) is 5.74. The van der Waals surface area contributed by atoms with E-state index in [1.807, 2.05) is 27.7 Å². The predicted octanol–water partition coefficient (Wildman–Crippen LogP) is 2.60. The van der Waals surface area contributed by atoms with Gasteiger partial charge in [-0.1, -0.05) is 0 Å². The van der Waals surface area contributed by atoms with Crippen LogP contribution in [0.4, 0.5) is 5.69 Å². The van der Waals surface area contributed by atoms with Crippen LogP contribution in [-0.2, 0) is 4.79 Å². The maximum atomic E-state index is 12.2. The summed E-state index contributed by atoms with van der Waals surface area (Å²) in [5.41, 5.74) is 1.23. The molecule has 2 N–H and O–H groups in total. The molecule has 1 aromatic carbocycles. The molecule has 0 aliphatic heterocycles. The van der Waals surface area contributed by atoms with Crippen LogP contribution in [0.1, 0.15) is 45.0 Å². The highest BCUT2D eigenvalue weighted by atomic mass is 16.1. The number of carbonyl (C=O) groups is 2. The van der Waals surface area contributed by atoms with Gasteiger partial charge in [0, 0.05) is 23.7 Å². The van der Waals surface area contributed by atoms with Crippen molar-refractivity contribution in [3.63, 3.8) is 0 Å². The maximum Gasteiger partial charge on any atom is 0.221 e. The smallest absolute Gasteiger partial charge is 0.221 e. The highest BCUT2D eigenvalue weighted by Gasteiger charge is 2.20. The van der Waals surface area contributed by atoms with Crippen molar-refractivity contribution in [3.8, 4) is 0 Å². The quantitative estimate of drug-likeness (QED) is 0.820. The molecule has 0 radical (unpaired) electrons. The molecule has 1 amide bonds. The molecular weight excluding hydrogens is 240 g/mol. The normalized spacial score (nSPS) is 12.9. The molecule has 0 fully saturated rings. The van der Waals surface area contributed by atoms with E-state index in [1.165, 1.54) is 6.92 Å². The van der Waals surface area contributed by atoms with Gasteiger partial charge in [-0.15, -0.1) is 0 Å². The summed E-state index contributed by atoms with van der Waals surface area (Å²) in [6.45, 7) is 9.38. The van der Waals surface area contributed by atoms with Crippen LogP contribution < -0.4 is 10.6 Å². The molecule has 0 saturated heterocycles. The van der Waals surface area contributed by atoms with Crippen molar-refractivity contribution in [1.29, 1.82) is 0 Å². The van der Waals surface area contributed by atoms with E-state index >= 15 is 0 Å². The van der Waals surface area contributed by atoms with Crippen molar-refractivity contribution in [3.05, 3.63) is 29.8 Å². The molecule has 1 atom stereocenters. The summed E-state index contributed by atoms with van der Waals surface area (Å²) in [6, 6.07) is 6.69. The van der Waals surface area contributed by atoms with Gasteiger partial charge in [0.25, 0.3) is 0 Å². The van der Waals surface area contributed by atoms with E-state index in [0.29, 0.717) is 11.3 Å². The number of Topliss-reactive ketones (excluding diaryl/α,β-unsaturated/α-hetero) is 1. The zero-order valence-electron chi connectivity index (χ0n) is 12.2. The molecule has 0 aliphatic carbocycles. The number of nitrogens with one attached hydrogen (secondary N) is 2. The Hall–Kier alpha value is -1.68. The highest BCUT2D eigenvalue weighted by molar-refractivity contribution is 6.00. The Bertz CT molecular complexity index is 458. The lowest BCUT2D eigenvalue weighted by Crippen LogP contribution is -2.46. The lowest BCUT2D eigenvalue weighted by molar-refractivity contribution is -0.114. The number of carbonyl (C=O) groups excluding carboxylic acids is 2. The SMILES string of the molecule is CC(=O)Nc1ccc(C(=O)C(C)NC(C)(C)C)cc1. The summed E-state index contributed by atoms with van der Waals surface area (Å²) in [5, 5.41) is 5.92. The summed E-state index contributed by atoms with van der Waals surface area (Å²) in [4.78, 5) is 23.1. The van der Waals surface area contributed by atoms with E-state index in [9.17, 15) is 9.59 Å². The molecule has 1 aromatic rings. The van der Waals surface area contributed by atoms with Crippen LogP contribution in [0, 0.1) is 0 Å². The highest BCUT2D eigenvalue weighted by Crippen LogP contribution is 2.12. The van der Waals surface area contributed by atoms with Crippen molar-refractivity contribution in [1.82, 2.24) is 5.32 Å². The molecule has 0 bridgehead atoms. The number of rotatable bonds is 4. The molecule has 19 heavy (non-hydrogen) atoms. The fraction of sp³-hybridized carbons (Fsp3) is 0.467. The molecule has 4 heteroatoms. The van der Waals surface area contributed by atoms with E-state index in [1.54, 1.807) is 24.3 Å². The first-order valence-electron chi connectivity index (χ1n) is 6.38. The third kappa shape index (κ3) is 5.22. The molecule has 0 spiro atoms. The second-order valence-corrected chi connectivity index (χ2v) is 5.74. The Kier molecular flexibility index (Phi) is 4.84. The summed E-state index contributed by atoms with van der Waals surface area (Å²) in [6.07, 6.45) is 0. The monoisotopic (exact) mass is 262 g/mol. The van der Waals surface area contributed by atoms with Crippen LogP contribution in [0.15, 0.2) is 24.3 Å². The lowest BCUT2D eigenvalue weighted by Gasteiger charge is -2.25. The first kappa shape index (κ1) is 15.4. The van der Waals surface area contributed by atoms with Crippen LogP contribution in [0.5, 0.6) is 0 Å². The van der Waals surface area contributed by atoms with Gasteiger partial charge >= 0.3 is 0 Å². The first-order valence-corrected chi connectivity index (χ1v) is 6.38. The Balaban J connectivity index is 2.75.